The zero-order valence-corrected chi connectivity index (χ0v) is 14.9. The molecule has 3 aromatic rings. The van der Waals surface area contributed by atoms with Crippen LogP contribution in [-0.2, 0) is 0 Å². The van der Waals surface area contributed by atoms with Gasteiger partial charge in [0.25, 0.3) is 0 Å². The number of hydrogen-bond acceptors (Lipinski definition) is 6. The smallest absolute Gasteiger partial charge is 0.225 e. The quantitative estimate of drug-likeness (QED) is 0.691. The maximum absolute atomic E-state index is 4.49. The molecule has 0 atom stereocenters. The van der Waals surface area contributed by atoms with Crippen molar-refractivity contribution in [2.45, 2.75) is 6.42 Å². The van der Waals surface area contributed by atoms with Crippen LogP contribution in [0.3, 0.4) is 0 Å². The Labute approximate surface area is 153 Å². The molecular formula is C20H24N6. The molecule has 1 fully saturated rings. The summed E-state index contributed by atoms with van der Waals surface area (Å²) in [6, 6.07) is 12.3. The lowest BCUT2D eigenvalue weighted by atomic mass is 10.1. The molecule has 134 valence electrons. The molecule has 1 aliphatic heterocycles. The van der Waals surface area contributed by atoms with E-state index in [0.717, 1.165) is 57.5 Å². The van der Waals surface area contributed by atoms with Gasteiger partial charge in [-0.05, 0) is 30.5 Å². The molecule has 1 N–H and O–H groups in total. The molecule has 0 unspecified atom stereocenters. The molecule has 3 heterocycles. The average Bonchev–Trinajstić information content (AvgIpc) is 2.72. The summed E-state index contributed by atoms with van der Waals surface area (Å²) in [4.78, 5) is 17.9. The Morgan fingerprint density at radius 3 is 2.50 bits per heavy atom. The van der Waals surface area contributed by atoms with E-state index in [1.165, 1.54) is 10.8 Å². The summed E-state index contributed by atoms with van der Waals surface area (Å²) in [7, 11) is 0. The molecule has 4 rings (SSSR count). The lowest BCUT2D eigenvalue weighted by Gasteiger charge is -2.34. The van der Waals surface area contributed by atoms with Crippen molar-refractivity contribution in [1.82, 2.24) is 19.9 Å². The fourth-order valence-corrected chi connectivity index (χ4v) is 3.40. The average molecular weight is 348 g/mol. The molecular weight excluding hydrogens is 324 g/mol. The van der Waals surface area contributed by atoms with Gasteiger partial charge in [-0.25, -0.2) is 15.0 Å². The first-order valence-corrected chi connectivity index (χ1v) is 9.22. The van der Waals surface area contributed by atoms with Crippen molar-refractivity contribution < 1.29 is 0 Å². The highest BCUT2D eigenvalue weighted by Gasteiger charge is 2.18. The number of piperazine rings is 1. The van der Waals surface area contributed by atoms with E-state index in [1.807, 2.05) is 24.7 Å². The molecule has 0 bridgehead atoms. The van der Waals surface area contributed by atoms with Gasteiger partial charge in [0.15, 0.2) is 0 Å². The van der Waals surface area contributed by atoms with Crippen molar-refractivity contribution in [2.75, 3.05) is 49.5 Å². The minimum absolute atomic E-state index is 0.843. The van der Waals surface area contributed by atoms with Crippen LogP contribution in [0.25, 0.3) is 10.8 Å². The van der Waals surface area contributed by atoms with Gasteiger partial charge in [0, 0.05) is 56.7 Å². The SMILES string of the molecule is c1cnc(N2CCN(CCCNc3nccc4ccccc34)CC2)nc1. The molecule has 6 heteroatoms. The molecule has 1 saturated heterocycles. The third kappa shape index (κ3) is 3.91. The Morgan fingerprint density at radius 1 is 0.846 bits per heavy atom. The third-order valence-corrected chi connectivity index (χ3v) is 4.82. The van der Waals surface area contributed by atoms with Crippen molar-refractivity contribution in [2.24, 2.45) is 0 Å². The number of nitrogens with zero attached hydrogens (tertiary/aromatic N) is 5. The molecule has 0 aliphatic carbocycles. The Morgan fingerprint density at radius 2 is 1.65 bits per heavy atom. The second-order valence-electron chi connectivity index (χ2n) is 6.54. The number of nitrogens with one attached hydrogen (secondary N) is 1. The van der Waals surface area contributed by atoms with Crippen molar-refractivity contribution >= 4 is 22.5 Å². The molecule has 0 radical (unpaired) electrons. The van der Waals surface area contributed by atoms with Gasteiger partial charge < -0.3 is 10.2 Å². The second kappa shape index (κ2) is 8.10. The Kier molecular flexibility index (Phi) is 5.21. The van der Waals surface area contributed by atoms with E-state index in [0.29, 0.717) is 0 Å². The summed E-state index contributed by atoms with van der Waals surface area (Å²) >= 11 is 0. The van der Waals surface area contributed by atoms with E-state index < -0.39 is 0 Å². The fourth-order valence-electron chi connectivity index (χ4n) is 3.40. The zero-order valence-electron chi connectivity index (χ0n) is 14.9. The topological polar surface area (TPSA) is 57.2 Å². The number of hydrogen-bond donors (Lipinski definition) is 1. The summed E-state index contributed by atoms with van der Waals surface area (Å²) in [5.41, 5.74) is 0. The predicted octanol–water partition coefficient (Wildman–Crippen LogP) is 2.65. The van der Waals surface area contributed by atoms with Crippen LogP contribution in [-0.4, -0.2) is 59.1 Å². The first-order chi connectivity index (χ1) is 12.9. The van der Waals surface area contributed by atoms with E-state index in [2.05, 4.69) is 60.4 Å². The summed E-state index contributed by atoms with van der Waals surface area (Å²) < 4.78 is 0. The standard InChI is InChI=1S/C20H24N6/c1-2-6-18-17(5-1)7-11-22-19(18)21-10-4-12-25-13-15-26(16-14-25)20-23-8-3-9-24-20/h1-3,5-9,11H,4,10,12-16H2,(H,21,22). The van der Waals surface area contributed by atoms with Crippen molar-refractivity contribution in [3.8, 4) is 0 Å². The van der Waals surface area contributed by atoms with Gasteiger partial charge >= 0.3 is 0 Å². The summed E-state index contributed by atoms with van der Waals surface area (Å²) in [5.74, 6) is 1.82. The second-order valence-corrected chi connectivity index (χ2v) is 6.54. The summed E-state index contributed by atoms with van der Waals surface area (Å²) in [6.07, 6.45) is 6.59. The normalized spacial score (nSPS) is 15.3. The predicted molar refractivity (Wildman–Crippen MR) is 106 cm³/mol. The highest BCUT2D eigenvalue weighted by molar-refractivity contribution is 5.91. The van der Waals surface area contributed by atoms with E-state index >= 15 is 0 Å². The molecule has 0 amide bonds. The van der Waals surface area contributed by atoms with E-state index in [9.17, 15) is 0 Å². The number of anilines is 2. The van der Waals surface area contributed by atoms with Crippen LogP contribution in [0, 0.1) is 0 Å². The Bertz CT molecular complexity index is 825. The van der Waals surface area contributed by atoms with E-state index in [1.54, 1.807) is 0 Å². The lowest BCUT2D eigenvalue weighted by molar-refractivity contribution is 0.256. The lowest BCUT2D eigenvalue weighted by Crippen LogP contribution is -2.47. The molecule has 2 aromatic heterocycles. The van der Waals surface area contributed by atoms with Gasteiger partial charge in [0.1, 0.15) is 5.82 Å². The van der Waals surface area contributed by atoms with E-state index in [4.69, 9.17) is 0 Å². The number of pyridine rings is 1. The number of benzene rings is 1. The van der Waals surface area contributed by atoms with Crippen LogP contribution in [0.15, 0.2) is 55.0 Å². The number of fused-ring (bicyclic) bond motifs is 1. The monoisotopic (exact) mass is 348 g/mol. The largest absolute Gasteiger partial charge is 0.370 e. The van der Waals surface area contributed by atoms with E-state index in [-0.39, 0.29) is 0 Å². The minimum Gasteiger partial charge on any atom is -0.370 e. The van der Waals surface area contributed by atoms with Crippen LogP contribution < -0.4 is 10.2 Å². The third-order valence-electron chi connectivity index (χ3n) is 4.82. The zero-order chi connectivity index (χ0) is 17.6. The van der Waals surface area contributed by atoms with Crippen molar-refractivity contribution in [1.29, 1.82) is 0 Å². The molecule has 1 aliphatic rings. The summed E-state index contributed by atoms with van der Waals surface area (Å²) in [5, 5.41) is 5.91. The maximum atomic E-state index is 4.49. The molecule has 1 aromatic carbocycles. The van der Waals surface area contributed by atoms with Crippen molar-refractivity contribution in [3.63, 3.8) is 0 Å². The first kappa shape index (κ1) is 16.7. The highest BCUT2D eigenvalue weighted by Crippen LogP contribution is 2.20. The van der Waals surface area contributed by atoms with Gasteiger partial charge in [-0.1, -0.05) is 24.3 Å². The van der Waals surface area contributed by atoms with Crippen LogP contribution in [0.5, 0.6) is 0 Å². The number of rotatable bonds is 6. The van der Waals surface area contributed by atoms with Crippen LogP contribution in [0.2, 0.25) is 0 Å². The van der Waals surface area contributed by atoms with Gasteiger partial charge in [0.05, 0.1) is 0 Å². The molecule has 0 saturated carbocycles. The Balaban J connectivity index is 1.22. The van der Waals surface area contributed by atoms with Gasteiger partial charge in [-0.3, -0.25) is 4.90 Å². The molecule has 0 spiro atoms. The molecule has 6 nitrogen and oxygen atoms in total. The van der Waals surface area contributed by atoms with Crippen LogP contribution >= 0.6 is 0 Å². The molecule has 26 heavy (non-hydrogen) atoms. The van der Waals surface area contributed by atoms with Crippen LogP contribution in [0.4, 0.5) is 11.8 Å². The summed E-state index contributed by atoms with van der Waals surface area (Å²) in [6.45, 7) is 6.13. The highest BCUT2D eigenvalue weighted by atomic mass is 15.3. The van der Waals surface area contributed by atoms with Crippen molar-refractivity contribution in [3.05, 3.63) is 55.0 Å². The van der Waals surface area contributed by atoms with Gasteiger partial charge in [-0.2, -0.15) is 0 Å². The fraction of sp³-hybridized carbons (Fsp3) is 0.350. The number of aromatic nitrogens is 3. The Hall–Kier alpha value is -2.73. The van der Waals surface area contributed by atoms with Crippen LogP contribution in [0.1, 0.15) is 6.42 Å². The maximum Gasteiger partial charge on any atom is 0.225 e. The minimum atomic E-state index is 0.843. The van der Waals surface area contributed by atoms with Gasteiger partial charge in [0.2, 0.25) is 5.95 Å². The van der Waals surface area contributed by atoms with Gasteiger partial charge in [-0.15, -0.1) is 0 Å². The first-order valence-electron chi connectivity index (χ1n) is 9.22.